The van der Waals surface area contributed by atoms with Crippen LogP contribution in [-0.2, 0) is 0 Å². The molecule has 0 aromatic heterocycles. The van der Waals surface area contributed by atoms with E-state index in [1.807, 2.05) is 12.1 Å². The van der Waals surface area contributed by atoms with Crippen molar-refractivity contribution in [2.75, 3.05) is 22.9 Å². The number of fused-ring (bicyclic) bond motifs is 2. The zero-order valence-electron chi connectivity index (χ0n) is 13.1. The van der Waals surface area contributed by atoms with Gasteiger partial charge in [0.1, 0.15) is 0 Å². The third kappa shape index (κ3) is 2.44. The molecule has 0 radical (unpaired) electrons. The van der Waals surface area contributed by atoms with Crippen LogP contribution in [-0.4, -0.2) is 36.2 Å². The second kappa shape index (κ2) is 5.30. The van der Waals surface area contributed by atoms with Gasteiger partial charge in [0.05, 0.1) is 5.56 Å². The molecule has 2 atom stereocenters. The van der Waals surface area contributed by atoms with Gasteiger partial charge in [-0.3, -0.25) is 0 Å². The van der Waals surface area contributed by atoms with Gasteiger partial charge in [0.2, 0.25) is 0 Å². The first-order valence-corrected chi connectivity index (χ1v) is 8.05. The molecule has 0 spiro atoms. The lowest BCUT2D eigenvalue weighted by atomic mass is 10.1. The van der Waals surface area contributed by atoms with Crippen LogP contribution in [0.15, 0.2) is 48.5 Å². The lowest BCUT2D eigenvalue weighted by Gasteiger charge is -2.37. The largest absolute Gasteiger partial charge is 0.478 e. The number of carboxylic acids is 1. The Balaban J connectivity index is 1.50. The van der Waals surface area contributed by atoms with Gasteiger partial charge >= 0.3 is 5.97 Å². The molecule has 4 heteroatoms. The Bertz CT molecular complexity index is 724. The van der Waals surface area contributed by atoms with Crippen LogP contribution >= 0.6 is 0 Å². The molecule has 2 saturated heterocycles. The number of nitrogens with zero attached hydrogens (tertiary/aromatic N) is 2. The van der Waals surface area contributed by atoms with Crippen molar-refractivity contribution in [1.29, 1.82) is 0 Å². The fourth-order valence-electron chi connectivity index (χ4n) is 3.83. The maximum absolute atomic E-state index is 11.0. The minimum Gasteiger partial charge on any atom is -0.478 e. The average Bonchev–Trinajstić information content (AvgIpc) is 3.16. The number of carboxylic acid groups (broad SMARTS) is 1. The summed E-state index contributed by atoms with van der Waals surface area (Å²) in [4.78, 5) is 15.9. The van der Waals surface area contributed by atoms with Gasteiger partial charge in [0.15, 0.2) is 0 Å². The molecular weight excluding hydrogens is 288 g/mol. The first kappa shape index (κ1) is 14.1. The summed E-state index contributed by atoms with van der Waals surface area (Å²) in [5, 5.41) is 9.01. The molecule has 23 heavy (non-hydrogen) atoms. The zero-order chi connectivity index (χ0) is 16.0. The number of piperazine rings is 1. The molecule has 0 saturated carbocycles. The summed E-state index contributed by atoms with van der Waals surface area (Å²) < 4.78 is 0. The summed E-state index contributed by atoms with van der Waals surface area (Å²) >= 11 is 0. The van der Waals surface area contributed by atoms with Gasteiger partial charge in [-0.2, -0.15) is 0 Å². The fraction of sp³-hybridized carbons (Fsp3) is 0.316. The molecule has 2 bridgehead atoms. The number of benzene rings is 2. The molecule has 4 nitrogen and oxygen atoms in total. The summed E-state index contributed by atoms with van der Waals surface area (Å²) in [5.74, 6) is -0.870. The number of hydrogen-bond acceptors (Lipinski definition) is 3. The van der Waals surface area contributed by atoms with Crippen LogP contribution in [0.25, 0.3) is 0 Å². The second-order valence-corrected chi connectivity index (χ2v) is 6.54. The molecule has 2 fully saturated rings. The van der Waals surface area contributed by atoms with Gasteiger partial charge in [-0.05, 0) is 49.7 Å². The van der Waals surface area contributed by atoms with Crippen LogP contribution in [0, 0.1) is 6.92 Å². The molecular formula is C19H20N2O2. The summed E-state index contributed by atoms with van der Waals surface area (Å²) in [7, 11) is 0. The molecule has 4 rings (SSSR count). The van der Waals surface area contributed by atoms with E-state index >= 15 is 0 Å². The Kier molecular flexibility index (Phi) is 3.26. The minimum absolute atomic E-state index is 0.347. The fourth-order valence-corrected chi connectivity index (χ4v) is 3.83. The van der Waals surface area contributed by atoms with E-state index in [1.165, 1.54) is 17.7 Å². The number of aryl methyl sites for hydroxylation is 1. The highest BCUT2D eigenvalue weighted by molar-refractivity contribution is 5.88. The quantitative estimate of drug-likeness (QED) is 0.946. The van der Waals surface area contributed by atoms with Crippen molar-refractivity contribution < 1.29 is 9.90 Å². The highest BCUT2D eigenvalue weighted by Gasteiger charge is 2.43. The number of rotatable bonds is 3. The van der Waals surface area contributed by atoms with Crippen LogP contribution in [0.3, 0.4) is 0 Å². The Labute approximate surface area is 136 Å². The Morgan fingerprint density at radius 1 is 0.913 bits per heavy atom. The lowest BCUT2D eigenvalue weighted by molar-refractivity contribution is 0.0697. The Morgan fingerprint density at radius 2 is 1.39 bits per heavy atom. The topological polar surface area (TPSA) is 43.8 Å². The maximum atomic E-state index is 11.0. The zero-order valence-corrected chi connectivity index (χ0v) is 13.1. The second-order valence-electron chi connectivity index (χ2n) is 6.54. The van der Waals surface area contributed by atoms with Gasteiger partial charge < -0.3 is 14.9 Å². The summed E-state index contributed by atoms with van der Waals surface area (Å²) in [6.45, 7) is 4.15. The van der Waals surface area contributed by atoms with E-state index in [0.717, 1.165) is 18.8 Å². The number of anilines is 2. The SMILES string of the molecule is Cc1ccc(N2CC3CC2CN3c2ccc(C(=O)O)cc2)cc1. The molecule has 2 aromatic carbocycles. The van der Waals surface area contributed by atoms with E-state index < -0.39 is 5.97 Å². The molecule has 2 aliphatic heterocycles. The highest BCUT2D eigenvalue weighted by atomic mass is 16.4. The molecule has 1 N–H and O–H groups in total. The maximum Gasteiger partial charge on any atom is 0.335 e. The summed E-state index contributed by atoms with van der Waals surface area (Å²) in [6.07, 6.45) is 1.18. The summed E-state index contributed by atoms with van der Waals surface area (Å²) in [5.41, 5.74) is 4.08. The lowest BCUT2D eigenvalue weighted by Crippen LogP contribution is -2.46. The minimum atomic E-state index is -0.870. The van der Waals surface area contributed by atoms with Crippen LogP contribution < -0.4 is 9.80 Å². The van der Waals surface area contributed by atoms with E-state index in [4.69, 9.17) is 5.11 Å². The monoisotopic (exact) mass is 308 g/mol. The predicted molar refractivity (Wildman–Crippen MR) is 91.5 cm³/mol. The van der Waals surface area contributed by atoms with E-state index in [2.05, 4.69) is 41.0 Å². The smallest absolute Gasteiger partial charge is 0.335 e. The van der Waals surface area contributed by atoms with Crippen LogP contribution in [0.2, 0.25) is 0 Å². The van der Waals surface area contributed by atoms with Crippen molar-refractivity contribution in [2.45, 2.75) is 25.4 Å². The molecule has 2 aliphatic rings. The number of hydrogen-bond donors (Lipinski definition) is 1. The Hall–Kier alpha value is -2.49. The first-order valence-electron chi connectivity index (χ1n) is 8.05. The van der Waals surface area contributed by atoms with E-state index in [-0.39, 0.29) is 0 Å². The average molecular weight is 308 g/mol. The van der Waals surface area contributed by atoms with E-state index in [9.17, 15) is 4.79 Å². The highest BCUT2D eigenvalue weighted by Crippen LogP contribution is 2.37. The molecule has 2 unspecified atom stereocenters. The molecule has 0 amide bonds. The van der Waals surface area contributed by atoms with E-state index in [1.54, 1.807) is 12.1 Å². The first-order chi connectivity index (χ1) is 11.1. The van der Waals surface area contributed by atoms with Crippen molar-refractivity contribution in [2.24, 2.45) is 0 Å². The van der Waals surface area contributed by atoms with Crippen molar-refractivity contribution in [3.05, 3.63) is 59.7 Å². The number of carbonyl (C=O) groups is 1. The predicted octanol–water partition coefficient (Wildman–Crippen LogP) is 3.16. The van der Waals surface area contributed by atoms with E-state index in [0.29, 0.717) is 17.6 Å². The number of aromatic carboxylic acids is 1. The van der Waals surface area contributed by atoms with Crippen molar-refractivity contribution in [1.82, 2.24) is 0 Å². The standard InChI is InChI=1S/C19H20N2O2/c1-13-2-6-15(7-3-13)20-11-18-10-17(20)12-21(18)16-8-4-14(5-9-16)19(22)23/h2-9,17-18H,10-12H2,1H3,(H,22,23). The van der Waals surface area contributed by atoms with Crippen molar-refractivity contribution in [3.63, 3.8) is 0 Å². The van der Waals surface area contributed by atoms with Gasteiger partial charge in [0, 0.05) is 36.5 Å². The normalized spacial score (nSPS) is 22.7. The van der Waals surface area contributed by atoms with Gasteiger partial charge in [-0.1, -0.05) is 17.7 Å². The van der Waals surface area contributed by atoms with Crippen molar-refractivity contribution in [3.8, 4) is 0 Å². The van der Waals surface area contributed by atoms with Crippen LogP contribution in [0.5, 0.6) is 0 Å². The van der Waals surface area contributed by atoms with Crippen molar-refractivity contribution >= 4 is 17.3 Å². The van der Waals surface area contributed by atoms with Crippen LogP contribution in [0.1, 0.15) is 22.3 Å². The molecule has 118 valence electrons. The van der Waals surface area contributed by atoms with Crippen LogP contribution in [0.4, 0.5) is 11.4 Å². The molecule has 0 aliphatic carbocycles. The molecule has 2 heterocycles. The molecule has 2 aromatic rings. The van der Waals surface area contributed by atoms with Gasteiger partial charge in [-0.25, -0.2) is 4.79 Å². The van der Waals surface area contributed by atoms with Gasteiger partial charge in [-0.15, -0.1) is 0 Å². The summed E-state index contributed by atoms with van der Waals surface area (Å²) in [6, 6.07) is 17.1. The Morgan fingerprint density at radius 3 is 1.83 bits per heavy atom. The third-order valence-electron chi connectivity index (χ3n) is 5.05. The third-order valence-corrected chi connectivity index (χ3v) is 5.05. The van der Waals surface area contributed by atoms with Gasteiger partial charge in [0.25, 0.3) is 0 Å².